The second kappa shape index (κ2) is 8.21. The standard InChI is InChI=1S/C18H25N3OS2/c1-3-7-15-20-12(2)17(24-15)18(22)19-11-6-10-16-21-13-8-4-5-9-14(13)23-16/h3-11H2,1-2H3,(H,19,22). The van der Waals surface area contributed by atoms with Crippen molar-refractivity contribution in [3.05, 3.63) is 31.2 Å². The summed E-state index contributed by atoms with van der Waals surface area (Å²) in [6, 6.07) is 0. The molecule has 3 rings (SSSR count). The maximum absolute atomic E-state index is 12.3. The number of nitrogens with one attached hydrogen (secondary N) is 1. The molecule has 6 heteroatoms. The molecule has 0 aliphatic heterocycles. The number of amides is 1. The number of nitrogens with zero attached hydrogens (tertiary/aromatic N) is 2. The van der Waals surface area contributed by atoms with Crippen LogP contribution in [0.4, 0.5) is 0 Å². The Balaban J connectivity index is 1.46. The Kier molecular flexibility index (Phi) is 6.00. The summed E-state index contributed by atoms with van der Waals surface area (Å²) in [5, 5.41) is 5.33. The Labute approximate surface area is 151 Å². The number of hydrogen-bond donors (Lipinski definition) is 1. The topological polar surface area (TPSA) is 54.9 Å². The smallest absolute Gasteiger partial charge is 0.263 e. The summed E-state index contributed by atoms with van der Waals surface area (Å²) < 4.78 is 0. The summed E-state index contributed by atoms with van der Waals surface area (Å²) in [5.41, 5.74) is 2.18. The molecule has 2 aromatic rings. The summed E-state index contributed by atoms with van der Waals surface area (Å²) in [5.74, 6) is 0.0192. The van der Waals surface area contributed by atoms with E-state index in [4.69, 9.17) is 4.98 Å². The van der Waals surface area contributed by atoms with Gasteiger partial charge in [-0.05, 0) is 51.9 Å². The van der Waals surface area contributed by atoms with Crippen molar-refractivity contribution in [2.45, 2.75) is 65.2 Å². The highest BCUT2D eigenvalue weighted by Crippen LogP contribution is 2.27. The fraction of sp³-hybridized carbons (Fsp3) is 0.611. The van der Waals surface area contributed by atoms with Gasteiger partial charge in [0, 0.05) is 17.8 Å². The Morgan fingerprint density at radius 1 is 1.12 bits per heavy atom. The van der Waals surface area contributed by atoms with Crippen LogP contribution >= 0.6 is 22.7 Å². The molecule has 24 heavy (non-hydrogen) atoms. The first kappa shape index (κ1) is 17.5. The molecular formula is C18H25N3OS2. The lowest BCUT2D eigenvalue weighted by Gasteiger charge is -2.06. The number of hydrogen-bond acceptors (Lipinski definition) is 5. The molecule has 1 amide bonds. The van der Waals surface area contributed by atoms with Crippen LogP contribution < -0.4 is 5.32 Å². The molecule has 0 saturated heterocycles. The van der Waals surface area contributed by atoms with E-state index >= 15 is 0 Å². The van der Waals surface area contributed by atoms with Gasteiger partial charge in [0.05, 0.1) is 21.4 Å². The van der Waals surface area contributed by atoms with E-state index in [1.165, 1.54) is 46.2 Å². The average molecular weight is 364 g/mol. The molecule has 4 nitrogen and oxygen atoms in total. The van der Waals surface area contributed by atoms with Gasteiger partial charge in [-0.15, -0.1) is 22.7 Å². The summed E-state index contributed by atoms with van der Waals surface area (Å²) in [6.45, 7) is 4.75. The molecule has 1 N–H and O–H groups in total. The third-order valence-electron chi connectivity index (χ3n) is 4.25. The fourth-order valence-corrected chi connectivity index (χ4v) is 5.30. The van der Waals surface area contributed by atoms with Crippen molar-refractivity contribution in [3.63, 3.8) is 0 Å². The Bertz CT molecular complexity index is 682. The van der Waals surface area contributed by atoms with Gasteiger partial charge in [-0.25, -0.2) is 9.97 Å². The minimum absolute atomic E-state index is 0.0192. The first-order valence-electron chi connectivity index (χ1n) is 8.89. The van der Waals surface area contributed by atoms with Crippen LogP contribution in [0.1, 0.15) is 68.6 Å². The highest BCUT2D eigenvalue weighted by Gasteiger charge is 2.16. The molecule has 130 valence electrons. The molecule has 0 fully saturated rings. The van der Waals surface area contributed by atoms with Crippen molar-refractivity contribution in [3.8, 4) is 0 Å². The maximum atomic E-state index is 12.3. The Morgan fingerprint density at radius 2 is 1.92 bits per heavy atom. The van der Waals surface area contributed by atoms with Crippen molar-refractivity contribution in [1.29, 1.82) is 0 Å². The average Bonchev–Trinajstić information content (AvgIpc) is 3.14. The third kappa shape index (κ3) is 4.22. The van der Waals surface area contributed by atoms with Crippen LogP contribution in [-0.2, 0) is 25.7 Å². The summed E-state index contributed by atoms with van der Waals surface area (Å²) in [7, 11) is 0. The third-order valence-corrected chi connectivity index (χ3v) is 6.69. The minimum atomic E-state index is 0.0192. The number of fused-ring (bicyclic) bond motifs is 1. The van der Waals surface area contributed by atoms with E-state index in [0.29, 0.717) is 6.54 Å². The SMILES string of the molecule is CCCc1nc(C)c(C(=O)NCCCc2nc3c(s2)CCCC3)s1. The lowest BCUT2D eigenvalue weighted by molar-refractivity contribution is 0.0956. The minimum Gasteiger partial charge on any atom is -0.351 e. The molecule has 0 atom stereocenters. The van der Waals surface area contributed by atoms with Crippen molar-refractivity contribution < 1.29 is 4.79 Å². The number of aryl methyl sites for hydroxylation is 5. The predicted molar refractivity (Wildman–Crippen MR) is 100 cm³/mol. The Hall–Kier alpha value is -1.27. The van der Waals surface area contributed by atoms with Gasteiger partial charge < -0.3 is 5.32 Å². The second-order valence-electron chi connectivity index (χ2n) is 6.32. The first-order valence-corrected chi connectivity index (χ1v) is 10.5. The van der Waals surface area contributed by atoms with E-state index in [0.717, 1.165) is 47.7 Å². The molecule has 0 bridgehead atoms. The van der Waals surface area contributed by atoms with Gasteiger partial charge in [0.2, 0.25) is 0 Å². The van der Waals surface area contributed by atoms with Crippen LogP contribution in [0.5, 0.6) is 0 Å². The van der Waals surface area contributed by atoms with E-state index in [1.807, 2.05) is 18.3 Å². The highest BCUT2D eigenvalue weighted by atomic mass is 32.1. The lowest BCUT2D eigenvalue weighted by atomic mass is 10.0. The van der Waals surface area contributed by atoms with Crippen molar-refractivity contribution in [2.24, 2.45) is 0 Å². The van der Waals surface area contributed by atoms with E-state index in [9.17, 15) is 4.79 Å². The maximum Gasteiger partial charge on any atom is 0.263 e. The zero-order chi connectivity index (χ0) is 16.9. The molecule has 0 spiro atoms. The molecular weight excluding hydrogens is 338 g/mol. The number of thiazole rings is 2. The van der Waals surface area contributed by atoms with Crippen LogP contribution in [0, 0.1) is 6.92 Å². The van der Waals surface area contributed by atoms with Gasteiger partial charge >= 0.3 is 0 Å². The zero-order valence-corrected chi connectivity index (χ0v) is 16.1. The monoisotopic (exact) mass is 363 g/mol. The molecule has 0 unspecified atom stereocenters. The normalized spacial score (nSPS) is 13.8. The molecule has 0 saturated carbocycles. The van der Waals surface area contributed by atoms with Crippen molar-refractivity contribution in [2.75, 3.05) is 6.54 Å². The zero-order valence-electron chi connectivity index (χ0n) is 14.5. The molecule has 1 aliphatic rings. The summed E-state index contributed by atoms with van der Waals surface area (Å²) in [4.78, 5) is 23.8. The number of aromatic nitrogens is 2. The lowest BCUT2D eigenvalue weighted by Crippen LogP contribution is -2.24. The van der Waals surface area contributed by atoms with Crippen LogP contribution in [0.2, 0.25) is 0 Å². The van der Waals surface area contributed by atoms with E-state index in [2.05, 4.69) is 17.2 Å². The van der Waals surface area contributed by atoms with Crippen LogP contribution in [0.3, 0.4) is 0 Å². The van der Waals surface area contributed by atoms with Crippen LogP contribution in [0.15, 0.2) is 0 Å². The molecule has 2 heterocycles. The van der Waals surface area contributed by atoms with Crippen molar-refractivity contribution >= 4 is 28.6 Å². The number of rotatable bonds is 7. The molecule has 2 aromatic heterocycles. The fourth-order valence-electron chi connectivity index (χ4n) is 3.02. The summed E-state index contributed by atoms with van der Waals surface area (Å²) in [6.07, 6.45) is 8.85. The highest BCUT2D eigenvalue weighted by molar-refractivity contribution is 7.13. The van der Waals surface area contributed by atoms with Gasteiger partial charge in [-0.2, -0.15) is 0 Å². The van der Waals surface area contributed by atoms with E-state index in [-0.39, 0.29) is 5.91 Å². The Morgan fingerprint density at radius 3 is 2.71 bits per heavy atom. The van der Waals surface area contributed by atoms with Gasteiger partial charge in [0.1, 0.15) is 4.88 Å². The second-order valence-corrected chi connectivity index (χ2v) is 8.57. The van der Waals surface area contributed by atoms with Gasteiger partial charge in [0.25, 0.3) is 5.91 Å². The predicted octanol–water partition coefficient (Wildman–Crippen LogP) is 4.10. The van der Waals surface area contributed by atoms with Gasteiger partial charge in [0.15, 0.2) is 0 Å². The first-order chi connectivity index (χ1) is 11.7. The van der Waals surface area contributed by atoms with Gasteiger partial charge in [-0.3, -0.25) is 4.79 Å². The number of carbonyl (C=O) groups excluding carboxylic acids is 1. The molecule has 1 aliphatic carbocycles. The summed E-state index contributed by atoms with van der Waals surface area (Å²) >= 11 is 3.40. The quantitative estimate of drug-likeness (QED) is 0.754. The van der Waals surface area contributed by atoms with E-state index in [1.54, 1.807) is 0 Å². The molecule has 0 aromatic carbocycles. The molecule has 0 radical (unpaired) electrons. The van der Waals surface area contributed by atoms with Gasteiger partial charge in [-0.1, -0.05) is 6.92 Å². The van der Waals surface area contributed by atoms with Crippen molar-refractivity contribution in [1.82, 2.24) is 15.3 Å². The van der Waals surface area contributed by atoms with Crippen LogP contribution in [0.25, 0.3) is 0 Å². The van der Waals surface area contributed by atoms with E-state index < -0.39 is 0 Å². The van der Waals surface area contributed by atoms with Crippen LogP contribution in [-0.4, -0.2) is 22.4 Å². The largest absolute Gasteiger partial charge is 0.351 e. The number of carbonyl (C=O) groups is 1.